The monoisotopic (exact) mass is 543 g/mol. The first-order valence-corrected chi connectivity index (χ1v) is 15.7. The fourth-order valence-corrected chi connectivity index (χ4v) is 7.32. The van der Waals surface area contributed by atoms with Crippen molar-refractivity contribution in [3.63, 3.8) is 0 Å². The van der Waals surface area contributed by atoms with E-state index in [0.29, 0.717) is 11.8 Å². The van der Waals surface area contributed by atoms with Gasteiger partial charge in [0, 0.05) is 28.8 Å². The van der Waals surface area contributed by atoms with Gasteiger partial charge >= 0.3 is 0 Å². The third-order valence-corrected chi connectivity index (χ3v) is 9.77. The van der Waals surface area contributed by atoms with E-state index >= 15 is 0 Å². The summed E-state index contributed by atoms with van der Waals surface area (Å²) in [6.45, 7) is 9.02. The largest absolute Gasteiger partial charge is 0.507 e. The van der Waals surface area contributed by atoms with Gasteiger partial charge in [0.1, 0.15) is 5.75 Å². The van der Waals surface area contributed by atoms with E-state index in [2.05, 4.69) is 101 Å². The van der Waals surface area contributed by atoms with E-state index in [0.717, 1.165) is 49.7 Å². The molecule has 212 valence electrons. The van der Waals surface area contributed by atoms with Gasteiger partial charge in [-0.2, -0.15) is 0 Å². The summed E-state index contributed by atoms with van der Waals surface area (Å²) in [6, 6.07) is 20.6. The van der Waals surface area contributed by atoms with Gasteiger partial charge in [0.15, 0.2) is 0 Å². The van der Waals surface area contributed by atoms with Crippen LogP contribution in [0, 0.1) is 0 Å². The molecule has 1 saturated carbocycles. The minimum absolute atomic E-state index is 0.101. The molecule has 41 heavy (non-hydrogen) atoms. The Morgan fingerprint density at radius 2 is 1.68 bits per heavy atom. The Bertz CT molecular complexity index is 1530. The Labute approximate surface area is 247 Å². The van der Waals surface area contributed by atoms with Crippen LogP contribution in [0.2, 0.25) is 0 Å². The molecule has 0 amide bonds. The van der Waals surface area contributed by atoms with Crippen LogP contribution in [0.15, 0.2) is 83.4 Å². The van der Waals surface area contributed by atoms with Crippen molar-refractivity contribution in [3.8, 4) is 16.9 Å². The van der Waals surface area contributed by atoms with Gasteiger partial charge in [-0.3, -0.25) is 4.99 Å². The van der Waals surface area contributed by atoms with Crippen LogP contribution < -0.4 is 0 Å². The molecule has 1 atom stereocenters. The minimum Gasteiger partial charge on any atom is -0.507 e. The Hall–Kier alpha value is -3.39. The zero-order chi connectivity index (χ0) is 28.6. The van der Waals surface area contributed by atoms with Gasteiger partial charge in [-0.05, 0) is 89.0 Å². The van der Waals surface area contributed by atoms with Crippen molar-refractivity contribution in [3.05, 3.63) is 112 Å². The first-order valence-electron chi connectivity index (χ1n) is 15.7. The minimum atomic E-state index is -0.153. The van der Waals surface area contributed by atoms with Crippen LogP contribution in [0.1, 0.15) is 106 Å². The fourth-order valence-electron chi connectivity index (χ4n) is 7.32. The number of aryl methyl sites for hydroxylation is 1. The predicted molar refractivity (Wildman–Crippen MR) is 173 cm³/mol. The third kappa shape index (κ3) is 5.46. The summed E-state index contributed by atoms with van der Waals surface area (Å²) in [7, 11) is 0. The highest BCUT2D eigenvalue weighted by atomic mass is 16.3. The molecule has 6 rings (SSSR count). The SMILES string of the molecule is CC(C)(C)c1cc(CCC(C)(C2=CCC=C2)c2cccc3c2Cc2ccccc2-3)cc(C=NC2CCCCC2)c1O. The van der Waals surface area contributed by atoms with Crippen LogP contribution in [0.5, 0.6) is 5.75 Å². The second-order valence-electron chi connectivity index (χ2n) is 13.7. The van der Waals surface area contributed by atoms with Crippen molar-refractivity contribution in [2.75, 3.05) is 0 Å². The molecule has 2 nitrogen and oxygen atoms in total. The van der Waals surface area contributed by atoms with E-state index in [9.17, 15) is 5.11 Å². The van der Waals surface area contributed by atoms with Crippen molar-refractivity contribution >= 4 is 6.21 Å². The summed E-state index contributed by atoms with van der Waals surface area (Å²) in [5.74, 6) is 0.392. The Morgan fingerprint density at radius 3 is 2.44 bits per heavy atom. The zero-order valence-electron chi connectivity index (χ0n) is 25.3. The summed E-state index contributed by atoms with van der Waals surface area (Å²) in [5, 5.41) is 11.3. The fraction of sp³-hybridized carbons (Fsp3) is 0.410. The molecule has 3 aliphatic carbocycles. The van der Waals surface area contributed by atoms with E-state index in [-0.39, 0.29) is 10.8 Å². The molecule has 0 radical (unpaired) electrons. The van der Waals surface area contributed by atoms with E-state index < -0.39 is 0 Å². The molecule has 0 aliphatic heterocycles. The summed E-state index contributed by atoms with van der Waals surface area (Å²) in [5.41, 5.74) is 11.5. The van der Waals surface area contributed by atoms with Crippen molar-refractivity contribution in [2.45, 2.75) is 102 Å². The topological polar surface area (TPSA) is 32.6 Å². The number of hydrogen-bond donors (Lipinski definition) is 1. The maximum Gasteiger partial charge on any atom is 0.128 e. The standard InChI is InChI=1S/C39H45NO/c1-38(2,3)36-24-27(23-29(37(36)41)26-40-31-16-6-5-7-17-31)21-22-39(4,30-14-9-10-15-30)35-20-12-19-33-32-18-11-8-13-28(32)25-34(33)35/h8-9,11-15,18-20,23-24,26,31,41H,5-7,10,16-17,21-22,25H2,1-4H3. The second-order valence-corrected chi connectivity index (χ2v) is 13.7. The lowest BCUT2D eigenvalue weighted by atomic mass is 9.70. The molecule has 2 heteroatoms. The Morgan fingerprint density at radius 1 is 0.902 bits per heavy atom. The highest BCUT2D eigenvalue weighted by molar-refractivity contribution is 5.85. The van der Waals surface area contributed by atoms with Gasteiger partial charge in [0.2, 0.25) is 0 Å². The molecule has 3 aromatic carbocycles. The number of phenolic OH excluding ortho intramolecular Hbond substituents is 1. The van der Waals surface area contributed by atoms with Crippen LogP contribution in [0.4, 0.5) is 0 Å². The lowest BCUT2D eigenvalue weighted by Crippen LogP contribution is -2.26. The molecule has 0 saturated heterocycles. The van der Waals surface area contributed by atoms with Gasteiger partial charge in [-0.15, -0.1) is 0 Å². The van der Waals surface area contributed by atoms with Crippen LogP contribution in [0.3, 0.4) is 0 Å². The summed E-state index contributed by atoms with van der Waals surface area (Å²) >= 11 is 0. The number of aromatic hydroxyl groups is 1. The molecule has 0 heterocycles. The summed E-state index contributed by atoms with van der Waals surface area (Å²) < 4.78 is 0. The number of phenols is 1. The molecule has 3 aromatic rings. The normalized spacial score (nSPS) is 18.4. The number of allylic oxidation sites excluding steroid dienone is 4. The number of aliphatic imine (C=N–C) groups is 1. The van der Waals surface area contributed by atoms with E-state index in [1.54, 1.807) is 0 Å². The molecule has 0 aromatic heterocycles. The number of hydrogen-bond acceptors (Lipinski definition) is 2. The van der Waals surface area contributed by atoms with Gasteiger partial charge in [0.25, 0.3) is 0 Å². The van der Waals surface area contributed by atoms with E-state index in [1.165, 1.54) is 58.2 Å². The number of benzene rings is 3. The molecule has 1 unspecified atom stereocenters. The van der Waals surface area contributed by atoms with E-state index in [1.807, 2.05) is 6.21 Å². The highest BCUT2D eigenvalue weighted by Gasteiger charge is 2.35. The van der Waals surface area contributed by atoms with Crippen molar-refractivity contribution in [1.82, 2.24) is 0 Å². The van der Waals surface area contributed by atoms with Gasteiger partial charge in [0.05, 0.1) is 0 Å². The maximum atomic E-state index is 11.3. The second kappa shape index (κ2) is 11.1. The van der Waals surface area contributed by atoms with Gasteiger partial charge in [-0.1, -0.05) is 114 Å². The first kappa shape index (κ1) is 27.8. The molecular weight excluding hydrogens is 498 g/mol. The molecular formula is C39H45NO. The number of rotatable bonds is 7. The number of fused-ring (bicyclic) bond motifs is 3. The van der Waals surface area contributed by atoms with Crippen molar-refractivity contribution < 1.29 is 5.11 Å². The Kier molecular flexibility index (Phi) is 7.53. The average molecular weight is 544 g/mol. The smallest absolute Gasteiger partial charge is 0.128 e. The maximum absolute atomic E-state index is 11.3. The number of nitrogens with zero attached hydrogens (tertiary/aromatic N) is 1. The van der Waals surface area contributed by atoms with Crippen LogP contribution >= 0.6 is 0 Å². The van der Waals surface area contributed by atoms with Gasteiger partial charge in [-0.25, -0.2) is 0 Å². The van der Waals surface area contributed by atoms with Crippen molar-refractivity contribution in [1.29, 1.82) is 0 Å². The van der Waals surface area contributed by atoms with Gasteiger partial charge < -0.3 is 5.11 Å². The van der Waals surface area contributed by atoms with Crippen LogP contribution in [-0.2, 0) is 23.7 Å². The molecule has 0 bridgehead atoms. The molecule has 1 fully saturated rings. The van der Waals surface area contributed by atoms with Crippen LogP contribution in [0.25, 0.3) is 11.1 Å². The quantitative estimate of drug-likeness (QED) is 0.231. The zero-order valence-corrected chi connectivity index (χ0v) is 25.3. The lowest BCUT2D eigenvalue weighted by Gasteiger charge is -2.34. The first-order chi connectivity index (χ1) is 19.7. The molecule has 1 N–H and O–H groups in total. The van der Waals surface area contributed by atoms with Crippen LogP contribution in [-0.4, -0.2) is 17.4 Å². The average Bonchev–Trinajstić information content (AvgIpc) is 3.65. The predicted octanol–water partition coefficient (Wildman–Crippen LogP) is 9.79. The van der Waals surface area contributed by atoms with Crippen molar-refractivity contribution in [2.24, 2.45) is 4.99 Å². The lowest BCUT2D eigenvalue weighted by molar-refractivity contribution is 0.441. The Balaban J connectivity index is 1.36. The summed E-state index contributed by atoms with van der Waals surface area (Å²) in [6.07, 6.45) is 19.1. The van der Waals surface area contributed by atoms with E-state index in [4.69, 9.17) is 4.99 Å². The third-order valence-electron chi connectivity index (χ3n) is 9.77. The summed E-state index contributed by atoms with van der Waals surface area (Å²) in [4.78, 5) is 4.95. The molecule has 3 aliphatic rings. The molecule has 0 spiro atoms. The highest BCUT2D eigenvalue weighted by Crippen LogP contribution is 2.47.